The molecule has 3 rings (SSSR count). The Kier molecular flexibility index (Phi) is 2.97. The van der Waals surface area contributed by atoms with Crippen molar-refractivity contribution in [3.05, 3.63) is 23.4 Å². The van der Waals surface area contributed by atoms with Crippen molar-refractivity contribution in [3.63, 3.8) is 0 Å². The smallest absolute Gasteiger partial charge is 0.232 e. The molecule has 3 nitrogen and oxygen atoms in total. The summed E-state index contributed by atoms with van der Waals surface area (Å²) in [6, 6.07) is 4.07. The summed E-state index contributed by atoms with van der Waals surface area (Å²) in [6.45, 7) is 1.81. The van der Waals surface area contributed by atoms with E-state index < -0.39 is 0 Å². The van der Waals surface area contributed by atoms with Crippen molar-refractivity contribution in [2.75, 3.05) is 13.2 Å². The second kappa shape index (κ2) is 4.46. The van der Waals surface area contributed by atoms with Crippen LogP contribution in [-0.2, 0) is 0 Å². The van der Waals surface area contributed by atoms with Crippen LogP contribution in [0.2, 0.25) is 5.02 Å². The molecule has 1 N–H and O–H groups in total. The highest BCUT2D eigenvalue weighted by atomic mass is 35.5. The van der Waals surface area contributed by atoms with E-state index in [0.717, 1.165) is 6.54 Å². The van der Waals surface area contributed by atoms with Gasteiger partial charge in [0.2, 0.25) is 5.88 Å². The lowest BCUT2D eigenvalue weighted by molar-refractivity contribution is 0.152. The van der Waals surface area contributed by atoms with Crippen molar-refractivity contribution in [1.82, 2.24) is 10.3 Å². The van der Waals surface area contributed by atoms with Crippen LogP contribution >= 0.6 is 11.6 Å². The van der Waals surface area contributed by atoms with Crippen LogP contribution in [0.4, 0.5) is 0 Å². The SMILES string of the molecule is Clc1cccnc1OCC1CC2(CCC2)CN1. The summed E-state index contributed by atoms with van der Waals surface area (Å²) in [6.07, 6.45) is 7.08. The van der Waals surface area contributed by atoms with Crippen LogP contribution in [0, 0.1) is 5.41 Å². The molecule has 0 amide bonds. The Balaban J connectivity index is 1.54. The minimum atomic E-state index is 0.452. The first kappa shape index (κ1) is 11.3. The van der Waals surface area contributed by atoms with E-state index in [9.17, 15) is 0 Å². The third-order valence-corrected chi connectivity index (χ3v) is 4.29. The van der Waals surface area contributed by atoms with E-state index in [2.05, 4.69) is 10.3 Å². The van der Waals surface area contributed by atoms with Gasteiger partial charge in [-0.15, -0.1) is 0 Å². The standard InChI is InChI=1S/C13H17ClN2O/c14-11-3-1-6-15-12(11)17-8-10-7-13(9-16-10)4-2-5-13/h1,3,6,10,16H,2,4-5,7-9H2. The molecular weight excluding hydrogens is 236 g/mol. The second-order valence-corrected chi connectivity index (χ2v) is 5.64. The van der Waals surface area contributed by atoms with Gasteiger partial charge in [-0.3, -0.25) is 0 Å². The monoisotopic (exact) mass is 252 g/mol. The summed E-state index contributed by atoms with van der Waals surface area (Å²) >= 11 is 6.00. The first-order chi connectivity index (χ1) is 8.27. The molecule has 1 saturated heterocycles. The van der Waals surface area contributed by atoms with Crippen LogP contribution in [0.25, 0.3) is 0 Å². The Hall–Kier alpha value is -0.800. The predicted molar refractivity (Wildman–Crippen MR) is 67.4 cm³/mol. The molecule has 1 saturated carbocycles. The van der Waals surface area contributed by atoms with E-state index in [0.29, 0.717) is 29.0 Å². The number of nitrogens with zero attached hydrogens (tertiary/aromatic N) is 1. The van der Waals surface area contributed by atoms with Crippen LogP contribution in [0.5, 0.6) is 5.88 Å². The molecule has 1 atom stereocenters. The summed E-state index contributed by atoms with van der Waals surface area (Å²) in [5, 5.41) is 4.13. The molecule has 17 heavy (non-hydrogen) atoms. The maximum atomic E-state index is 6.00. The average molecular weight is 253 g/mol. The van der Waals surface area contributed by atoms with Gasteiger partial charge in [-0.2, -0.15) is 0 Å². The van der Waals surface area contributed by atoms with Crippen molar-refractivity contribution in [1.29, 1.82) is 0 Å². The molecule has 0 aromatic carbocycles. The van der Waals surface area contributed by atoms with Gasteiger partial charge in [-0.05, 0) is 36.8 Å². The Morgan fingerprint density at radius 2 is 2.41 bits per heavy atom. The minimum Gasteiger partial charge on any atom is -0.475 e. The number of ether oxygens (including phenoxy) is 1. The van der Waals surface area contributed by atoms with Gasteiger partial charge < -0.3 is 10.1 Å². The lowest BCUT2D eigenvalue weighted by Gasteiger charge is -2.37. The number of hydrogen-bond acceptors (Lipinski definition) is 3. The van der Waals surface area contributed by atoms with Gasteiger partial charge >= 0.3 is 0 Å². The largest absolute Gasteiger partial charge is 0.475 e. The Bertz CT molecular complexity index is 406. The van der Waals surface area contributed by atoms with E-state index in [1.54, 1.807) is 12.3 Å². The second-order valence-electron chi connectivity index (χ2n) is 5.24. The van der Waals surface area contributed by atoms with Gasteiger partial charge in [-0.1, -0.05) is 18.0 Å². The zero-order valence-electron chi connectivity index (χ0n) is 9.79. The molecule has 2 aliphatic rings. The van der Waals surface area contributed by atoms with E-state index in [4.69, 9.17) is 16.3 Å². The fourth-order valence-electron chi connectivity index (χ4n) is 2.86. The van der Waals surface area contributed by atoms with Crippen molar-refractivity contribution < 1.29 is 4.74 Å². The van der Waals surface area contributed by atoms with Crippen molar-refractivity contribution >= 4 is 11.6 Å². The summed E-state index contributed by atoms with van der Waals surface area (Å²) in [7, 11) is 0. The molecule has 92 valence electrons. The van der Waals surface area contributed by atoms with Crippen LogP contribution in [0.15, 0.2) is 18.3 Å². The Morgan fingerprint density at radius 1 is 1.53 bits per heavy atom. The third kappa shape index (κ3) is 2.26. The molecule has 1 aliphatic carbocycles. The number of pyridine rings is 1. The molecule has 1 aliphatic heterocycles. The lowest BCUT2D eigenvalue weighted by Crippen LogP contribution is -2.31. The normalized spacial score (nSPS) is 25.8. The Labute approximate surface area is 107 Å². The first-order valence-corrected chi connectivity index (χ1v) is 6.62. The van der Waals surface area contributed by atoms with Gasteiger partial charge in [-0.25, -0.2) is 4.98 Å². The van der Waals surface area contributed by atoms with Crippen molar-refractivity contribution in [2.45, 2.75) is 31.7 Å². The van der Waals surface area contributed by atoms with E-state index >= 15 is 0 Å². The summed E-state index contributed by atoms with van der Waals surface area (Å²) in [4.78, 5) is 4.13. The molecule has 0 bridgehead atoms. The van der Waals surface area contributed by atoms with Gasteiger partial charge in [0, 0.05) is 18.8 Å². The Morgan fingerprint density at radius 3 is 3.06 bits per heavy atom. The molecule has 0 radical (unpaired) electrons. The van der Waals surface area contributed by atoms with E-state index in [-0.39, 0.29) is 0 Å². The van der Waals surface area contributed by atoms with Gasteiger partial charge in [0.1, 0.15) is 11.6 Å². The fraction of sp³-hybridized carbons (Fsp3) is 0.615. The van der Waals surface area contributed by atoms with E-state index in [1.807, 2.05) is 6.07 Å². The zero-order chi connectivity index (χ0) is 11.7. The summed E-state index contributed by atoms with van der Waals surface area (Å²) in [5.41, 5.74) is 0.585. The number of halogens is 1. The van der Waals surface area contributed by atoms with Gasteiger partial charge in [0.15, 0.2) is 0 Å². The minimum absolute atomic E-state index is 0.452. The van der Waals surface area contributed by atoms with Crippen molar-refractivity contribution in [2.24, 2.45) is 5.41 Å². The van der Waals surface area contributed by atoms with E-state index in [1.165, 1.54) is 25.7 Å². The third-order valence-electron chi connectivity index (χ3n) is 4.01. The number of hydrogen-bond donors (Lipinski definition) is 1. The highest BCUT2D eigenvalue weighted by Crippen LogP contribution is 2.47. The topological polar surface area (TPSA) is 34.1 Å². The quantitative estimate of drug-likeness (QED) is 0.898. The van der Waals surface area contributed by atoms with Gasteiger partial charge in [0.25, 0.3) is 0 Å². The molecule has 1 spiro atoms. The lowest BCUT2D eigenvalue weighted by atomic mass is 9.68. The van der Waals surface area contributed by atoms with Crippen LogP contribution in [-0.4, -0.2) is 24.2 Å². The van der Waals surface area contributed by atoms with Crippen molar-refractivity contribution in [3.8, 4) is 5.88 Å². The van der Waals surface area contributed by atoms with Crippen LogP contribution in [0.1, 0.15) is 25.7 Å². The molecule has 1 aromatic heterocycles. The molecule has 4 heteroatoms. The highest BCUT2D eigenvalue weighted by molar-refractivity contribution is 6.31. The molecular formula is C13H17ClN2O. The zero-order valence-corrected chi connectivity index (χ0v) is 10.5. The number of nitrogens with one attached hydrogen (secondary N) is 1. The highest BCUT2D eigenvalue weighted by Gasteiger charge is 2.43. The van der Waals surface area contributed by atoms with Crippen LogP contribution in [0.3, 0.4) is 0 Å². The fourth-order valence-corrected chi connectivity index (χ4v) is 3.04. The molecule has 2 heterocycles. The average Bonchev–Trinajstić information content (AvgIpc) is 2.72. The maximum Gasteiger partial charge on any atom is 0.232 e. The number of rotatable bonds is 3. The summed E-state index contributed by atoms with van der Waals surface area (Å²) in [5.74, 6) is 0.547. The summed E-state index contributed by atoms with van der Waals surface area (Å²) < 4.78 is 5.68. The number of aromatic nitrogens is 1. The molecule has 1 aromatic rings. The molecule has 1 unspecified atom stereocenters. The first-order valence-electron chi connectivity index (χ1n) is 6.24. The maximum absolute atomic E-state index is 6.00. The van der Waals surface area contributed by atoms with Gasteiger partial charge in [0.05, 0.1) is 0 Å². The van der Waals surface area contributed by atoms with Crippen LogP contribution < -0.4 is 10.1 Å². The molecule has 2 fully saturated rings. The predicted octanol–water partition coefficient (Wildman–Crippen LogP) is 2.65.